The van der Waals surface area contributed by atoms with E-state index >= 15 is 0 Å². The summed E-state index contributed by atoms with van der Waals surface area (Å²) in [6, 6.07) is 7.86. The molecule has 1 aromatic heterocycles. The Hall–Kier alpha value is -3.87. The SMILES string of the molecule is COc1ccccc1S(=O)(=O)Nc1cccn(CC(=O)N[C@H](C=O)CCCN=C(N)N)c1=O. The van der Waals surface area contributed by atoms with E-state index in [1.54, 1.807) is 6.07 Å². The molecule has 0 fully saturated rings. The molecule has 12 nitrogen and oxygen atoms in total. The highest BCUT2D eigenvalue weighted by Gasteiger charge is 2.21. The number of benzene rings is 1. The lowest BCUT2D eigenvalue weighted by Gasteiger charge is -2.14. The van der Waals surface area contributed by atoms with Crippen molar-refractivity contribution >= 4 is 33.9 Å². The molecular formula is C20H26N6O6S. The Kier molecular flexibility index (Phi) is 8.98. The lowest BCUT2D eigenvalue weighted by Crippen LogP contribution is -2.40. The number of hydrogen-bond donors (Lipinski definition) is 4. The molecule has 0 bridgehead atoms. The first-order valence-electron chi connectivity index (χ1n) is 9.83. The average molecular weight is 479 g/mol. The van der Waals surface area contributed by atoms with E-state index in [1.165, 1.54) is 43.6 Å². The van der Waals surface area contributed by atoms with Gasteiger partial charge in [-0.05, 0) is 37.1 Å². The molecule has 1 heterocycles. The predicted molar refractivity (Wildman–Crippen MR) is 122 cm³/mol. The summed E-state index contributed by atoms with van der Waals surface area (Å²) in [5.41, 5.74) is 9.47. The van der Waals surface area contributed by atoms with E-state index in [0.29, 0.717) is 25.7 Å². The van der Waals surface area contributed by atoms with Crippen molar-refractivity contribution in [3.63, 3.8) is 0 Å². The van der Waals surface area contributed by atoms with Crippen LogP contribution < -0.4 is 31.8 Å². The van der Waals surface area contributed by atoms with Gasteiger partial charge < -0.3 is 30.9 Å². The molecule has 0 unspecified atom stereocenters. The summed E-state index contributed by atoms with van der Waals surface area (Å²) >= 11 is 0. The Labute approximate surface area is 190 Å². The van der Waals surface area contributed by atoms with Crippen LogP contribution in [0.4, 0.5) is 5.69 Å². The normalized spacial score (nSPS) is 11.8. The van der Waals surface area contributed by atoms with Crippen molar-refractivity contribution in [1.82, 2.24) is 9.88 Å². The zero-order valence-electron chi connectivity index (χ0n) is 17.9. The number of pyridine rings is 1. The minimum Gasteiger partial charge on any atom is -0.495 e. The molecule has 2 aromatic rings. The van der Waals surface area contributed by atoms with E-state index in [0.717, 1.165) is 4.57 Å². The van der Waals surface area contributed by atoms with Gasteiger partial charge in [0.15, 0.2) is 5.96 Å². The molecule has 0 spiro atoms. The first kappa shape index (κ1) is 25.4. The molecule has 0 aliphatic rings. The van der Waals surface area contributed by atoms with Crippen LogP contribution in [-0.2, 0) is 26.2 Å². The molecule has 0 aliphatic carbocycles. The van der Waals surface area contributed by atoms with Crippen molar-refractivity contribution in [2.45, 2.75) is 30.3 Å². The number of sulfonamides is 1. The van der Waals surface area contributed by atoms with Crippen molar-refractivity contribution in [1.29, 1.82) is 0 Å². The van der Waals surface area contributed by atoms with Crippen LogP contribution in [0, 0.1) is 0 Å². The molecule has 0 aliphatic heterocycles. The quantitative estimate of drug-likeness (QED) is 0.135. The van der Waals surface area contributed by atoms with Crippen LogP contribution in [0.25, 0.3) is 0 Å². The van der Waals surface area contributed by atoms with Crippen LogP contribution >= 0.6 is 0 Å². The lowest BCUT2D eigenvalue weighted by molar-refractivity contribution is -0.124. The predicted octanol–water partition coefficient (Wildman–Crippen LogP) is -0.605. The number of nitrogens with zero attached hydrogens (tertiary/aromatic N) is 2. The maximum absolute atomic E-state index is 12.7. The van der Waals surface area contributed by atoms with Crippen LogP contribution in [0.3, 0.4) is 0 Å². The number of para-hydroxylation sites is 1. The number of methoxy groups -OCH3 is 1. The van der Waals surface area contributed by atoms with Gasteiger partial charge in [0.25, 0.3) is 15.6 Å². The van der Waals surface area contributed by atoms with Gasteiger partial charge in [0.2, 0.25) is 5.91 Å². The molecule has 33 heavy (non-hydrogen) atoms. The Balaban J connectivity index is 2.10. The average Bonchev–Trinajstić information content (AvgIpc) is 2.78. The van der Waals surface area contributed by atoms with Crippen LogP contribution in [0.15, 0.2) is 57.3 Å². The summed E-state index contributed by atoms with van der Waals surface area (Å²) in [4.78, 5) is 39.9. The first-order chi connectivity index (χ1) is 15.7. The van der Waals surface area contributed by atoms with Crippen molar-refractivity contribution < 1.29 is 22.7 Å². The zero-order valence-corrected chi connectivity index (χ0v) is 18.7. The number of nitrogens with one attached hydrogen (secondary N) is 2. The van der Waals surface area contributed by atoms with Crippen molar-refractivity contribution in [2.75, 3.05) is 18.4 Å². The number of amides is 1. The molecule has 0 saturated carbocycles. The van der Waals surface area contributed by atoms with Gasteiger partial charge >= 0.3 is 0 Å². The van der Waals surface area contributed by atoms with E-state index in [9.17, 15) is 22.8 Å². The first-order valence-corrected chi connectivity index (χ1v) is 11.3. The number of anilines is 1. The molecule has 0 saturated heterocycles. The van der Waals surface area contributed by atoms with E-state index < -0.39 is 34.1 Å². The second-order valence-corrected chi connectivity index (χ2v) is 8.52. The minimum absolute atomic E-state index is 0.0673. The van der Waals surface area contributed by atoms with Gasteiger partial charge in [0.1, 0.15) is 29.2 Å². The van der Waals surface area contributed by atoms with Gasteiger partial charge in [-0.2, -0.15) is 0 Å². The summed E-state index contributed by atoms with van der Waals surface area (Å²) in [6.45, 7) is -0.113. The third-order valence-electron chi connectivity index (χ3n) is 4.42. The van der Waals surface area contributed by atoms with Gasteiger partial charge in [-0.3, -0.25) is 19.3 Å². The van der Waals surface area contributed by atoms with Crippen LogP contribution in [-0.4, -0.2) is 50.8 Å². The molecule has 6 N–H and O–H groups in total. The lowest BCUT2D eigenvalue weighted by atomic mass is 10.2. The van der Waals surface area contributed by atoms with E-state index in [1.807, 2.05) is 0 Å². The number of ether oxygens (including phenoxy) is 1. The fourth-order valence-electron chi connectivity index (χ4n) is 2.88. The van der Waals surface area contributed by atoms with E-state index in [2.05, 4.69) is 15.0 Å². The topological polar surface area (TPSA) is 188 Å². The van der Waals surface area contributed by atoms with Crippen LogP contribution in [0.5, 0.6) is 5.75 Å². The largest absolute Gasteiger partial charge is 0.495 e. The second-order valence-electron chi connectivity index (χ2n) is 6.87. The van der Waals surface area contributed by atoms with Gasteiger partial charge in [-0.1, -0.05) is 12.1 Å². The summed E-state index contributed by atoms with van der Waals surface area (Å²) < 4.78 is 33.8. The third kappa shape index (κ3) is 7.35. The second kappa shape index (κ2) is 11.7. The fourth-order valence-corrected chi connectivity index (χ4v) is 4.11. The highest BCUT2D eigenvalue weighted by atomic mass is 32.2. The summed E-state index contributed by atoms with van der Waals surface area (Å²) in [5, 5.41) is 2.51. The molecule has 2 rings (SSSR count). The number of guanidine groups is 1. The molecule has 1 aromatic carbocycles. The third-order valence-corrected chi connectivity index (χ3v) is 5.82. The van der Waals surface area contributed by atoms with Crippen LogP contribution in [0.1, 0.15) is 12.8 Å². The number of carbonyl (C=O) groups is 2. The monoisotopic (exact) mass is 478 g/mol. The number of aldehydes is 1. The molecule has 1 atom stereocenters. The number of carbonyl (C=O) groups excluding carboxylic acids is 2. The van der Waals surface area contributed by atoms with E-state index in [4.69, 9.17) is 16.2 Å². The molecular weight excluding hydrogens is 452 g/mol. The summed E-state index contributed by atoms with van der Waals surface area (Å²) in [5.74, 6) is -0.552. The summed E-state index contributed by atoms with van der Waals surface area (Å²) in [7, 11) is -2.80. The molecule has 1 amide bonds. The Bertz CT molecular complexity index is 1170. The van der Waals surface area contributed by atoms with Crippen molar-refractivity contribution in [3.05, 3.63) is 52.9 Å². The molecule has 13 heteroatoms. The zero-order chi connectivity index (χ0) is 24.4. The Morgan fingerprint density at radius 3 is 2.64 bits per heavy atom. The van der Waals surface area contributed by atoms with Crippen molar-refractivity contribution in [3.8, 4) is 5.75 Å². The number of hydrogen-bond acceptors (Lipinski definition) is 7. The number of aromatic nitrogens is 1. The highest BCUT2D eigenvalue weighted by molar-refractivity contribution is 7.92. The minimum atomic E-state index is -4.13. The van der Waals surface area contributed by atoms with Gasteiger partial charge in [-0.25, -0.2) is 8.42 Å². The Morgan fingerprint density at radius 2 is 1.97 bits per heavy atom. The summed E-state index contributed by atoms with van der Waals surface area (Å²) in [6.07, 6.45) is 2.67. The van der Waals surface area contributed by atoms with Gasteiger partial charge in [-0.15, -0.1) is 0 Å². The smallest absolute Gasteiger partial charge is 0.275 e. The maximum atomic E-state index is 12.7. The Morgan fingerprint density at radius 1 is 1.24 bits per heavy atom. The highest BCUT2D eigenvalue weighted by Crippen LogP contribution is 2.24. The van der Waals surface area contributed by atoms with Crippen molar-refractivity contribution in [2.24, 2.45) is 16.5 Å². The maximum Gasteiger partial charge on any atom is 0.275 e. The molecule has 178 valence electrons. The fraction of sp³-hybridized carbons (Fsp3) is 0.300. The number of aliphatic imine (C=N–C) groups is 1. The van der Waals surface area contributed by atoms with Gasteiger partial charge in [0.05, 0.1) is 13.2 Å². The van der Waals surface area contributed by atoms with E-state index in [-0.39, 0.29) is 22.3 Å². The molecule has 0 radical (unpaired) electrons. The number of rotatable bonds is 12. The number of nitrogens with two attached hydrogens (primary N) is 2. The van der Waals surface area contributed by atoms with Gasteiger partial charge in [0, 0.05) is 12.7 Å². The standard InChI is InChI=1S/C20H26N6O6S/c1-32-16-8-2-3-9-17(16)33(30,31)25-15-7-5-11-26(19(15)29)12-18(28)24-14(13-27)6-4-10-23-20(21)22/h2-3,5,7-9,11,13-14,25H,4,6,10,12H2,1H3,(H,24,28)(H4,21,22,23)/t14-/m0/s1. The van der Waals surface area contributed by atoms with Crippen LogP contribution in [0.2, 0.25) is 0 Å².